The first-order valence-electron chi connectivity index (χ1n) is 36.2. The number of rotatable bonds is 0. The number of nitrogens with zero attached hydrogens (tertiary/aromatic N) is 6. The Labute approximate surface area is 585 Å². The molecule has 0 saturated carbocycles. The van der Waals surface area contributed by atoms with Crippen LogP contribution >= 0.6 is 0 Å². The maximum absolute atomic E-state index is 4.57. The van der Waals surface area contributed by atoms with Crippen molar-refractivity contribution in [2.45, 2.75) is 212 Å². The molecule has 20 aliphatic rings. The summed E-state index contributed by atoms with van der Waals surface area (Å²) in [4.78, 5) is 26.3. The molecule has 0 N–H and O–H groups in total. The SMILES string of the molecule is C1=C2CC3=C4CCC=C4CC3=C2CC1.C1=C2CC3=CCCC3=C2CC1.C1=C2CCC=C2CC1.C1=CC2=CCCC2=CC1.C1=CCCC1.C1=Cc2nc3c(nc2=CC1)C=CCC=3.C1=Nc2cc3c(cc2=NC1)N=CCN=3.C1CC2=C(C1)CCC2.[C-]1=CCCC1=C1[C-]=CCC1.[Y]. The van der Waals surface area contributed by atoms with Crippen molar-refractivity contribution in [3.8, 4) is 0 Å². The summed E-state index contributed by atoms with van der Waals surface area (Å²) in [5.41, 5.74) is 33.6. The zero-order chi connectivity index (χ0) is 62.4. The van der Waals surface area contributed by atoms with Crippen molar-refractivity contribution in [3.63, 3.8) is 0 Å². The molecule has 1 aromatic heterocycles. The number of benzene rings is 1. The number of aromatic nitrogens is 2. The van der Waals surface area contributed by atoms with Crippen LogP contribution in [0.2, 0.25) is 0 Å². The second kappa shape index (κ2) is 32.7. The van der Waals surface area contributed by atoms with Crippen molar-refractivity contribution >= 4 is 48.1 Å². The topological polar surface area (TPSA) is 75.2 Å². The molecule has 7 heteroatoms. The van der Waals surface area contributed by atoms with Gasteiger partial charge in [0.15, 0.2) is 0 Å². The van der Waals surface area contributed by atoms with E-state index < -0.39 is 0 Å². The van der Waals surface area contributed by atoms with Crippen LogP contribution in [0, 0.1) is 12.2 Å². The molecule has 0 spiro atoms. The quantitative estimate of drug-likeness (QED) is 0.195. The van der Waals surface area contributed by atoms with Gasteiger partial charge < -0.3 is 23.3 Å². The molecule has 0 fully saturated rings. The molecular formula is C87H94N6Y-2. The molecule has 0 saturated heterocycles. The third kappa shape index (κ3) is 16.2. The van der Waals surface area contributed by atoms with Crippen LogP contribution in [0.3, 0.4) is 0 Å². The Morgan fingerprint density at radius 2 is 0.755 bits per heavy atom. The standard InChI is InChI=1S/C14H14.C12H10N2.C11H12.C10H8N4.C10H10.C9H10.C8H12.C8H10.C5H8.Y/c1-3-9-7-14-12-6-2-4-10(12)8-13(14)11(9)5-1;1-2-6-10-9(5-1)13-11-7-3-4-8-12(11)14-10;1-3-8-7-9-4-2-6-11(9)10(8)5-1;1-2-12-8-6-10-9(5-7(8)11-1)13-3-4-14-10;1-2-6-9(5-1)10-7-3-4-8-10;1-2-5-9-7-3-6-8(9)4-1;2*1-3-7-5-2-6-8(7)4-1;1-2-4-5-3-1;/h3-4H,1-2,5-8H2;1,4-8H,2-3H2;3-4H,1-2,5-7H2;1,4-6H,2-3H2;1,3H,2,4,6,8H2;1,4-6H,2-3,7H2;1-6H2;3,6H,1-2,4-5H2;1-2H,3-5H2;/q;;;;-2;;;;;. The predicted octanol–water partition coefficient (Wildman–Crippen LogP) is 20.2. The van der Waals surface area contributed by atoms with E-state index in [4.69, 9.17) is 0 Å². The minimum Gasteiger partial charge on any atom is -0.369 e. The molecule has 18 aliphatic carbocycles. The summed E-state index contributed by atoms with van der Waals surface area (Å²) >= 11 is 0. The van der Waals surface area contributed by atoms with E-state index in [1.807, 2.05) is 23.3 Å². The van der Waals surface area contributed by atoms with E-state index in [0.29, 0.717) is 13.1 Å². The molecule has 2 aromatic rings. The van der Waals surface area contributed by atoms with E-state index in [0.717, 1.165) is 63.4 Å². The van der Waals surface area contributed by atoms with Gasteiger partial charge in [0.1, 0.15) is 0 Å². The first kappa shape index (κ1) is 65.8. The van der Waals surface area contributed by atoms with Crippen LogP contribution in [0.15, 0.2) is 230 Å². The summed E-state index contributed by atoms with van der Waals surface area (Å²) in [6, 6.07) is 3.89. The molecular weight excluding hydrogens is 1220 g/mol. The molecule has 3 heterocycles. The number of allylic oxidation sites excluding steroid dienone is 36. The van der Waals surface area contributed by atoms with E-state index in [1.165, 1.54) is 209 Å². The summed E-state index contributed by atoms with van der Waals surface area (Å²) in [6.45, 7) is 1.32. The zero-order valence-electron chi connectivity index (χ0n) is 55.9. The zero-order valence-corrected chi connectivity index (χ0v) is 58.7. The molecule has 477 valence electrons. The van der Waals surface area contributed by atoms with Gasteiger partial charge >= 0.3 is 0 Å². The van der Waals surface area contributed by atoms with Crippen LogP contribution in [0.4, 0.5) is 11.4 Å². The van der Waals surface area contributed by atoms with Crippen LogP contribution in [0.5, 0.6) is 0 Å². The fraction of sp³-hybridized carbons (Fsp3) is 0.402. The molecule has 1 radical (unpaired) electrons. The van der Waals surface area contributed by atoms with E-state index in [1.54, 1.807) is 84.9 Å². The van der Waals surface area contributed by atoms with Gasteiger partial charge in [-0.25, -0.2) is 9.97 Å². The molecule has 2 aliphatic heterocycles. The summed E-state index contributed by atoms with van der Waals surface area (Å²) in [7, 11) is 0. The fourth-order valence-electron chi connectivity index (χ4n) is 16.6. The Balaban J connectivity index is 0.0000000972. The fourth-order valence-corrected chi connectivity index (χ4v) is 16.6. The normalized spacial score (nSPS) is 23.2. The summed E-state index contributed by atoms with van der Waals surface area (Å²) < 4.78 is 0. The second-order valence-electron chi connectivity index (χ2n) is 27.2. The van der Waals surface area contributed by atoms with Gasteiger partial charge in [0.25, 0.3) is 0 Å². The van der Waals surface area contributed by atoms with E-state index in [-0.39, 0.29) is 32.7 Å². The van der Waals surface area contributed by atoms with Crippen LogP contribution in [-0.2, 0) is 32.7 Å². The smallest absolute Gasteiger partial charge is 0.0901 e. The summed E-state index contributed by atoms with van der Waals surface area (Å²) in [5, 5.41) is 3.87. The minimum atomic E-state index is 0. The van der Waals surface area contributed by atoms with Crippen LogP contribution < -0.4 is 21.4 Å². The van der Waals surface area contributed by atoms with Crippen molar-refractivity contribution in [1.82, 2.24) is 9.97 Å². The largest absolute Gasteiger partial charge is 0.369 e. The summed E-state index contributed by atoms with van der Waals surface area (Å²) in [5.74, 6) is 0. The van der Waals surface area contributed by atoms with Gasteiger partial charge in [0.2, 0.25) is 0 Å². The molecule has 0 bridgehead atoms. The van der Waals surface area contributed by atoms with Gasteiger partial charge in [-0.2, -0.15) is 12.2 Å². The Morgan fingerprint density at radius 1 is 0.330 bits per heavy atom. The molecule has 94 heavy (non-hydrogen) atoms. The van der Waals surface area contributed by atoms with Gasteiger partial charge in [0, 0.05) is 45.1 Å². The first-order valence-corrected chi connectivity index (χ1v) is 36.2. The van der Waals surface area contributed by atoms with E-state index >= 15 is 0 Å². The van der Waals surface area contributed by atoms with Crippen molar-refractivity contribution < 1.29 is 32.7 Å². The molecule has 22 rings (SSSR count). The number of hydrogen-bond donors (Lipinski definition) is 0. The molecule has 0 atom stereocenters. The number of fused-ring (bicyclic) bond motifs is 11. The predicted molar refractivity (Wildman–Crippen MR) is 389 cm³/mol. The first-order chi connectivity index (χ1) is 46.1. The van der Waals surface area contributed by atoms with Crippen molar-refractivity contribution in [3.05, 3.63) is 255 Å². The maximum atomic E-state index is 4.57. The third-order valence-corrected chi connectivity index (χ3v) is 21.2. The average Bonchev–Trinajstić information content (AvgIpc) is 1.59. The van der Waals surface area contributed by atoms with E-state index in [2.05, 4.69) is 164 Å². The van der Waals surface area contributed by atoms with Crippen LogP contribution in [-0.4, -0.2) is 35.5 Å². The second-order valence-corrected chi connectivity index (χ2v) is 27.2. The number of hydrogen-bond acceptors (Lipinski definition) is 6. The Bertz CT molecular complexity index is 3900. The monoisotopic (exact) mass is 1310 g/mol. The van der Waals surface area contributed by atoms with Crippen molar-refractivity contribution in [1.29, 1.82) is 0 Å². The van der Waals surface area contributed by atoms with Gasteiger partial charge in [-0.05, 0) is 289 Å². The Kier molecular flexibility index (Phi) is 22.9. The van der Waals surface area contributed by atoms with Crippen molar-refractivity contribution in [2.24, 2.45) is 20.0 Å². The van der Waals surface area contributed by atoms with Gasteiger partial charge in [-0.15, -0.1) is 12.8 Å². The van der Waals surface area contributed by atoms with Crippen LogP contribution in [0.1, 0.15) is 223 Å². The Morgan fingerprint density at radius 3 is 1.21 bits per heavy atom. The van der Waals surface area contributed by atoms with Gasteiger partial charge in [-0.3, -0.25) is 20.0 Å². The molecule has 1 aromatic carbocycles. The summed E-state index contributed by atoms with van der Waals surface area (Å²) in [6.07, 6.45) is 97.8. The van der Waals surface area contributed by atoms with Gasteiger partial charge in [0.05, 0.1) is 57.3 Å². The molecule has 0 amide bonds. The molecule has 6 nitrogen and oxygen atoms in total. The number of aliphatic imine (C=N–C) groups is 2. The van der Waals surface area contributed by atoms with Crippen molar-refractivity contribution in [2.75, 3.05) is 13.1 Å². The molecule has 0 unspecified atom stereocenters. The Hall–Kier alpha value is -6.86. The maximum Gasteiger partial charge on any atom is 0.0901 e. The van der Waals surface area contributed by atoms with Crippen LogP contribution in [0.25, 0.3) is 24.3 Å². The van der Waals surface area contributed by atoms with Gasteiger partial charge in [-0.1, -0.05) is 121 Å². The minimum absolute atomic E-state index is 0. The average molecular weight is 1310 g/mol. The van der Waals surface area contributed by atoms with E-state index in [9.17, 15) is 0 Å². The third-order valence-electron chi connectivity index (χ3n) is 21.2.